The van der Waals surface area contributed by atoms with E-state index in [9.17, 15) is 4.79 Å². The number of thiophene rings is 1. The molecule has 1 aromatic carbocycles. The van der Waals surface area contributed by atoms with Gasteiger partial charge in [0.15, 0.2) is 6.29 Å². The van der Waals surface area contributed by atoms with Crippen LogP contribution in [0.25, 0.3) is 11.1 Å². The summed E-state index contributed by atoms with van der Waals surface area (Å²) in [6.45, 7) is 10.8. The van der Waals surface area contributed by atoms with Crippen LogP contribution >= 0.6 is 11.3 Å². The van der Waals surface area contributed by atoms with Crippen LogP contribution in [0.4, 0.5) is 5.00 Å². The number of hydrogen-bond donors (Lipinski definition) is 0. The van der Waals surface area contributed by atoms with E-state index in [1.807, 2.05) is 12.1 Å². The third kappa shape index (κ3) is 5.94. The molecule has 1 aromatic heterocycles. The number of anilines is 1. The average Bonchev–Trinajstić information content (AvgIpc) is 3.10. The highest BCUT2D eigenvalue weighted by molar-refractivity contribution is 7.18. The number of aldehydes is 1. The van der Waals surface area contributed by atoms with E-state index in [1.165, 1.54) is 6.42 Å². The molecule has 0 spiro atoms. The number of carbonyl (C=O) groups is 1. The van der Waals surface area contributed by atoms with E-state index in [1.54, 1.807) is 32.7 Å². The number of methoxy groups -OCH3 is 3. The maximum absolute atomic E-state index is 12.1. The van der Waals surface area contributed by atoms with Crippen molar-refractivity contribution in [3.63, 3.8) is 0 Å². The number of carbonyl (C=O) groups excluding carboxylic acids is 1. The molecule has 0 N–H and O–H groups in total. The molecule has 0 saturated carbocycles. The van der Waals surface area contributed by atoms with Crippen molar-refractivity contribution in [3.8, 4) is 28.4 Å². The molecular formula is C25H37NO4S. The van der Waals surface area contributed by atoms with Crippen LogP contribution in [0.1, 0.15) is 61.7 Å². The SMILES string of the molecule is CCCCN(CCCC(C)C)c1sc(C=O)c(-c2c(OC)cc(OC)cc2OC)c1C. The maximum Gasteiger partial charge on any atom is 0.160 e. The van der Waals surface area contributed by atoms with Crippen molar-refractivity contribution in [3.05, 3.63) is 22.6 Å². The molecule has 31 heavy (non-hydrogen) atoms. The Hall–Kier alpha value is -2.21. The van der Waals surface area contributed by atoms with Crippen LogP contribution < -0.4 is 19.1 Å². The number of hydrogen-bond acceptors (Lipinski definition) is 6. The summed E-state index contributed by atoms with van der Waals surface area (Å²) in [6, 6.07) is 3.67. The van der Waals surface area contributed by atoms with Crippen LogP contribution in [0, 0.1) is 12.8 Å². The van der Waals surface area contributed by atoms with Crippen molar-refractivity contribution in [1.29, 1.82) is 0 Å². The third-order valence-electron chi connectivity index (χ3n) is 5.50. The van der Waals surface area contributed by atoms with E-state index in [2.05, 4.69) is 32.6 Å². The van der Waals surface area contributed by atoms with E-state index in [0.717, 1.165) is 60.3 Å². The summed E-state index contributed by atoms with van der Waals surface area (Å²) < 4.78 is 16.8. The summed E-state index contributed by atoms with van der Waals surface area (Å²) in [4.78, 5) is 15.3. The van der Waals surface area contributed by atoms with Crippen molar-refractivity contribution < 1.29 is 19.0 Å². The maximum atomic E-state index is 12.1. The van der Waals surface area contributed by atoms with Gasteiger partial charge in [0.2, 0.25) is 0 Å². The standard InChI is InChI=1S/C25H37NO4S/c1-8-9-12-26(13-10-11-17(2)3)25-18(4)23(22(16-27)31-25)24-20(29-6)14-19(28-5)15-21(24)30-7/h14-17H,8-13H2,1-7H3. The molecule has 0 bridgehead atoms. The first-order chi connectivity index (χ1) is 14.9. The van der Waals surface area contributed by atoms with Gasteiger partial charge in [-0.05, 0) is 37.7 Å². The number of unbranched alkanes of at least 4 members (excludes halogenated alkanes) is 1. The first-order valence-electron chi connectivity index (χ1n) is 11.1. The lowest BCUT2D eigenvalue weighted by Gasteiger charge is -2.25. The minimum absolute atomic E-state index is 0.631. The van der Waals surface area contributed by atoms with E-state index in [0.29, 0.717) is 28.0 Å². The van der Waals surface area contributed by atoms with Gasteiger partial charge in [0.05, 0.1) is 36.8 Å². The molecule has 2 aromatic rings. The Bertz CT molecular complexity index is 834. The van der Waals surface area contributed by atoms with E-state index >= 15 is 0 Å². The van der Waals surface area contributed by atoms with E-state index in [-0.39, 0.29) is 0 Å². The molecule has 0 fully saturated rings. The minimum Gasteiger partial charge on any atom is -0.496 e. The molecule has 172 valence electrons. The van der Waals surface area contributed by atoms with Crippen LogP contribution in [0.3, 0.4) is 0 Å². The first-order valence-corrected chi connectivity index (χ1v) is 11.9. The van der Waals surface area contributed by atoms with Crippen molar-refractivity contribution >= 4 is 22.6 Å². The molecule has 0 aliphatic heterocycles. The van der Waals surface area contributed by atoms with Gasteiger partial charge in [0.25, 0.3) is 0 Å². The van der Waals surface area contributed by atoms with Crippen molar-refractivity contribution in [1.82, 2.24) is 0 Å². The molecule has 0 unspecified atom stereocenters. The van der Waals surface area contributed by atoms with Crippen molar-refractivity contribution in [2.75, 3.05) is 39.3 Å². The molecule has 0 radical (unpaired) electrons. The normalized spacial score (nSPS) is 11.0. The fourth-order valence-corrected chi connectivity index (χ4v) is 5.01. The Morgan fingerprint density at radius 3 is 2.10 bits per heavy atom. The second-order valence-electron chi connectivity index (χ2n) is 8.17. The zero-order chi connectivity index (χ0) is 23.0. The van der Waals surface area contributed by atoms with Gasteiger partial charge >= 0.3 is 0 Å². The monoisotopic (exact) mass is 447 g/mol. The van der Waals surface area contributed by atoms with Crippen molar-refractivity contribution in [2.24, 2.45) is 5.92 Å². The Balaban J connectivity index is 2.59. The van der Waals surface area contributed by atoms with Crippen molar-refractivity contribution in [2.45, 2.75) is 53.4 Å². The lowest BCUT2D eigenvalue weighted by atomic mass is 9.99. The molecular weight excluding hydrogens is 410 g/mol. The summed E-state index contributed by atoms with van der Waals surface area (Å²) in [6.07, 6.45) is 5.55. The van der Waals surface area contributed by atoms with Gasteiger partial charge in [-0.15, -0.1) is 11.3 Å². The second kappa shape index (κ2) is 12.0. The molecule has 0 aliphatic carbocycles. The average molecular weight is 448 g/mol. The largest absolute Gasteiger partial charge is 0.496 e. The quantitative estimate of drug-likeness (QED) is 0.324. The predicted octanol–water partition coefficient (Wildman–Crippen LogP) is 6.60. The van der Waals surface area contributed by atoms with Crippen LogP contribution in [-0.4, -0.2) is 40.7 Å². The molecule has 2 rings (SSSR count). The zero-order valence-corrected chi connectivity index (χ0v) is 20.9. The van der Waals surface area contributed by atoms with Gasteiger partial charge in [-0.1, -0.05) is 27.2 Å². The Kier molecular flexibility index (Phi) is 9.69. The zero-order valence-electron chi connectivity index (χ0n) is 20.0. The highest BCUT2D eigenvalue weighted by atomic mass is 32.1. The number of rotatable bonds is 13. The summed E-state index contributed by atoms with van der Waals surface area (Å²) >= 11 is 1.56. The summed E-state index contributed by atoms with van der Waals surface area (Å²) in [5.74, 6) is 2.60. The summed E-state index contributed by atoms with van der Waals surface area (Å²) in [5, 5.41) is 1.16. The molecule has 0 amide bonds. The van der Waals surface area contributed by atoms with Gasteiger partial charge in [-0.2, -0.15) is 0 Å². The van der Waals surface area contributed by atoms with Crippen LogP contribution in [-0.2, 0) is 0 Å². The highest BCUT2D eigenvalue weighted by Gasteiger charge is 2.26. The fraction of sp³-hybridized carbons (Fsp3) is 0.560. The van der Waals surface area contributed by atoms with Gasteiger partial charge in [0.1, 0.15) is 17.2 Å². The van der Waals surface area contributed by atoms with Gasteiger partial charge in [-0.25, -0.2) is 0 Å². The van der Waals surface area contributed by atoms with Crippen LogP contribution in [0.15, 0.2) is 12.1 Å². The topological polar surface area (TPSA) is 48.0 Å². The Labute approximate surface area is 191 Å². The molecule has 0 saturated heterocycles. The third-order valence-corrected chi connectivity index (χ3v) is 6.78. The fourth-order valence-electron chi connectivity index (χ4n) is 3.83. The lowest BCUT2D eigenvalue weighted by Crippen LogP contribution is -2.25. The predicted molar refractivity (Wildman–Crippen MR) is 131 cm³/mol. The number of ether oxygens (including phenoxy) is 3. The molecule has 0 aliphatic rings. The van der Waals surface area contributed by atoms with E-state index < -0.39 is 0 Å². The van der Waals surface area contributed by atoms with Crippen LogP contribution in [0.5, 0.6) is 17.2 Å². The lowest BCUT2D eigenvalue weighted by molar-refractivity contribution is 0.112. The Morgan fingerprint density at radius 1 is 1.00 bits per heavy atom. The first kappa shape index (κ1) is 25.1. The van der Waals surface area contributed by atoms with Gasteiger partial charge < -0.3 is 19.1 Å². The highest BCUT2D eigenvalue weighted by Crippen LogP contribution is 2.49. The van der Waals surface area contributed by atoms with Crippen LogP contribution in [0.2, 0.25) is 0 Å². The smallest absolute Gasteiger partial charge is 0.160 e. The molecule has 6 heteroatoms. The Morgan fingerprint density at radius 2 is 1.61 bits per heavy atom. The molecule has 1 heterocycles. The molecule has 0 atom stereocenters. The van der Waals surface area contributed by atoms with E-state index in [4.69, 9.17) is 14.2 Å². The number of nitrogens with zero attached hydrogens (tertiary/aromatic N) is 1. The summed E-state index contributed by atoms with van der Waals surface area (Å²) in [5.41, 5.74) is 2.77. The number of benzene rings is 1. The molecule has 5 nitrogen and oxygen atoms in total. The van der Waals surface area contributed by atoms with Gasteiger partial charge in [-0.3, -0.25) is 4.79 Å². The second-order valence-corrected chi connectivity index (χ2v) is 9.20. The summed E-state index contributed by atoms with van der Waals surface area (Å²) in [7, 11) is 4.86. The minimum atomic E-state index is 0.631. The van der Waals surface area contributed by atoms with Gasteiger partial charge in [0, 0.05) is 30.8 Å².